The van der Waals surface area contributed by atoms with Gasteiger partial charge in [-0.05, 0) is 38.0 Å². The minimum absolute atomic E-state index is 0.0810. The number of rotatable bonds is 6. The number of amides is 1. The number of hydrogen-bond acceptors (Lipinski definition) is 5. The Balaban J connectivity index is 0.000000297. The molecule has 30 heavy (non-hydrogen) atoms. The Morgan fingerprint density at radius 1 is 1.30 bits per heavy atom. The Labute approximate surface area is 174 Å². The molecule has 0 radical (unpaired) electrons. The standard InChI is InChI=1S/C15H16N4O2.C7H6F2/c1-12(15(20)19-8-3-7-18-19)4-2-9-21-14-6-5-13(10-16)11-17-14;1-5-6(8)3-2-4-7(5)9/h5-7,11H,1-4,8-9H2;2-4H,1H3. The van der Waals surface area contributed by atoms with E-state index in [1.54, 1.807) is 18.3 Å². The van der Waals surface area contributed by atoms with Gasteiger partial charge in [0.15, 0.2) is 0 Å². The number of pyridine rings is 1. The van der Waals surface area contributed by atoms with Crippen LogP contribution >= 0.6 is 0 Å². The van der Waals surface area contributed by atoms with E-state index in [1.165, 1.54) is 36.3 Å². The average molecular weight is 412 g/mol. The minimum atomic E-state index is -0.491. The molecule has 1 aromatic carbocycles. The molecular formula is C22H22F2N4O2. The van der Waals surface area contributed by atoms with Crippen LogP contribution in [0.3, 0.4) is 0 Å². The van der Waals surface area contributed by atoms with Crippen LogP contribution in [0.5, 0.6) is 5.88 Å². The lowest BCUT2D eigenvalue weighted by molar-refractivity contribution is -0.126. The van der Waals surface area contributed by atoms with E-state index >= 15 is 0 Å². The summed E-state index contributed by atoms with van der Waals surface area (Å²) in [7, 11) is 0. The zero-order chi connectivity index (χ0) is 21.9. The summed E-state index contributed by atoms with van der Waals surface area (Å²) in [4.78, 5) is 15.9. The highest BCUT2D eigenvalue weighted by atomic mass is 19.1. The molecule has 1 amide bonds. The third-order valence-corrected chi connectivity index (χ3v) is 4.17. The Hall–Kier alpha value is -3.60. The molecule has 1 aliphatic heterocycles. The number of hydrogen-bond donors (Lipinski definition) is 0. The van der Waals surface area contributed by atoms with Gasteiger partial charge in [0.1, 0.15) is 17.7 Å². The van der Waals surface area contributed by atoms with Gasteiger partial charge in [-0.15, -0.1) is 0 Å². The Kier molecular flexibility index (Phi) is 8.63. The number of benzene rings is 1. The zero-order valence-corrected chi connectivity index (χ0v) is 16.6. The fraction of sp³-hybridized carbons (Fsp3) is 0.273. The van der Waals surface area contributed by atoms with Crippen LogP contribution in [0.1, 0.15) is 30.4 Å². The molecule has 8 heteroatoms. The molecule has 1 aromatic heterocycles. The van der Waals surface area contributed by atoms with Crippen molar-refractivity contribution >= 4 is 12.1 Å². The van der Waals surface area contributed by atoms with E-state index in [4.69, 9.17) is 10.00 Å². The van der Waals surface area contributed by atoms with Crippen molar-refractivity contribution in [3.63, 3.8) is 0 Å². The molecule has 0 fully saturated rings. The van der Waals surface area contributed by atoms with Gasteiger partial charge in [0.25, 0.3) is 5.91 Å². The highest BCUT2D eigenvalue weighted by molar-refractivity contribution is 5.93. The van der Waals surface area contributed by atoms with Gasteiger partial charge in [0.2, 0.25) is 5.88 Å². The van der Waals surface area contributed by atoms with Crippen molar-refractivity contribution < 1.29 is 18.3 Å². The minimum Gasteiger partial charge on any atom is -0.478 e. The quantitative estimate of drug-likeness (QED) is 0.527. The summed E-state index contributed by atoms with van der Waals surface area (Å²) in [6, 6.07) is 9.11. The number of aromatic nitrogens is 1. The largest absolute Gasteiger partial charge is 0.478 e. The molecule has 0 bridgehead atoms. The summed E-state index contributed by atoms with van der Waals surface area (Å²) in [5.74, 6) is -0.639. The Bertz CT molecular complexity index is 932. The van der Waals surface area contributed by atoms with E-state index in [9.17, 15) is 13.6 Å². The van der Waals surface area contributed by atoms with Crippen LogP contribution in [0, 0.1) is 29.9 Å². The van der Waals surface area contributed by atoms with Crippen LogP contribution in [-0.4, -0.2) is 35.3 Å². The number of nitriles is 1. The van der Waals surface area contributed by atoms with Crippen LogP contribution in [0.25, 0.3) is 0 Å². The fourth-order valence-corrected chi connectivity index (χ4v) is 2.41. The molecule has 156 valence electrons. The number of nitrogens with zero attached hydrogens (tertiary/aromatic N) is 4. The van der Waals surface area contributed by atoms with Gasteiger partial charge in [-0.2, -0.15) is 10.4 Å². The fourth-order valence-electron chi connectivity index (χ4n) is 2.41. The van der Waals surface area contributed by atoms with Gasteiger partial charge in [-0.25, -0.2) is 18.8 Å². The summed E-state index contributed by atoms with van der Waals surface area (Å²) in [5.41, 5.74) is 1.11. The SMILES string of the molecule is C=C(CCCOc1ccc(C#N)cn1)C(=O)N1CCC=N1.Cc1c(F)cccc1F. The monoisotopic (exact) mass is 412 g/mol. The molecule has 1 aliphatic rings. The number of carbonyl (C=O) groups excluding carboxylic acids is 1. The Morgan fingerprint density at radius 2 is 2.03 bits per heavy atom. The highest BCUT2D eigenvalue weighted by Crippen LogP contribution is 2.12. The van der Waals surface area contributed by atoms with Crippen molar-refractivity contribution in [1.29, 1.82) is 5.26 Å². The lowest BCUT2D eigenvalue weighted by atomic mass is 10.1. The number of halogens is 2. The van der Waals surface area contributed by atoms with Crippen molar-refractivity contribution in [2.24, 2.45) is 5.10 Å². The molecule has 3 rings (SSSR count). The molecule has 2 aromatic rings. The second kappa shape index (κ2) is 11.4. The molecule has 0 atom stereocenters. The van der Waals surface area contributed by atoms with Crippen LogP contribution in [0.2, 0.25) is 0 Å². The van der Waals surface area contributed by atoms with Crippen molar-refractivity contribution in [3.05, 3.63) is 71.4 Å². The van der Waals surface area contributed by atoms with Crippen LogP contribution in [0.4, 0.5) is 8.78 Å². The first-order valence-corrected chi connectivity index (χ1v) is 9.34. The summed E-state index contributed by atoms with van der Waals surface area (Å²) in [6.07, 6.45) is 5.21. The van der Waals surface area contributed by atoms with E-state index in [0.29, 0.717) is 43.0 Å². The van der Waals surface area contributed by atoms with Gasteiger partial charge in [-0.3, -0.25) is 4.79 Å². The molecular weight excluding hydrogens is 390 g/mol. The smallest absolute Gasteiger partial charge is 0.269 e. The predicted molar refractivity (Wildman–Crippen MR) is 109 cm³/mol. The molecule has 0 N–H and O–H groups in total. The van der Waals surface area contributed by atoms with E-state index in [1.807, 2.05) is 6.07 Å². The van der Waals surface area contributed by atoms with Gasteiger partial charge in [0.05, 0.1) is 12.2 Å². The van der Waals surface area contributed by atoms with Crippen molar-refractivity contribution in [3.8, 4) is 11.9 Å². The Morgan fingerprint density at radius 3 is 2.57 bits per heavy atom. The molecule has 0 unspecified atom stereocenters. The van der Waals surface area contributed by atoms with Crippen molar-refractivity contribution in [2.75, 3.05) is 13.2 Å². The van der Waals surface area contributed by atoms with Gasteiger partial charge in [-0.1, -0.05) is 12.6 Å². The maximum absolute atomic E-state index is 12.3. The number of hydrazone groups is 1. The van der Waals surface area contributed by atoms with Crippen LogP contribution < -0.4 is 4.74 Å². The third kappa shape index (κ3) is 6.78. The summed E-state index contributed by atoms with van der Waals surface area (Å²) < 4.78 is 30.1. The van der Waals surface area contributed by atoms with E-state index in [0.717, 1.165) is 6.42 Å². The summed E-state index contributed by atoms with van der Waals surface area (Å²) in [6.45, 7) is 6.27. The highest BCUT2D eigenvalue weighted by Gasteiger charge is 2.17. The van der Waals surface area contributed by atoms with Crippen molar-refractivity contribution in [2.45, 2.75) is 26.2 Å². The maximum atomic E-state index is 12.3. The maximum Gasteiger partial charge on any atom is 0.269 e. The normalized spacial score (nSPS) is 12.0. The van der Waals surface area contributed by atoms with Gasteiger partial charge < -0.3 is 4.74 Å². The summed E-state index contributed by atoms with van der Waals surface area (Å²) in [5, 5.41) is 14.1. The second-order valence-electron chi connectivity index (χ2n) is 6.41. The first-order valence-electron chi connectivity index (χ1n) is 9.34. The average Bonchev–Trinajstić information content (AvgIpc) is 3.30. The first-order chi connectivity index (χ1) is 14.4. The van der Waals surface area contributed by atoms with Crippen LogP contribution in [0.15, 0.2) is 53.8 Å². The molecule has 6 nitrogen and oxygen atoms in total. The molecule has 0 saturated carbocycles. The van der Waals surface area contributed by atoms with E-state index < -0.39 is 11.6 Å². The van der Waals surface area contributed by atoms with Gasteiger partial charge in [0, 0.05) is 42.6 Å². The zero-order valence-electron chi connectivity index (χ0n) is 16.6. The lowest BCUT2D eigenvalue weighted by Gasteiger charge is -2.13. The third-order valence-electron chi connectivity index (χ3n) is 4.17. The topological polar surface area (TPSA) is 78.6 Å². The van der Waals surface area contributed by atoms with E-state index in [2.05, 4.69) is 16.7 Å². The number of carbonyl (C=O) groups is 1. The summed E-state index contributed by atoms with van der Waals surface area (Å²) >= 11 is 0. The van der Waals surface area contributed by atoms with E-state index in [-0.39, 0.29) is 11.5 Å². The number of ether oxygens (including phenoxy) is 1. The predicted octanol–water partition coefficient (Wildman–Crippen LogP) is 4.16. The van der Waals surface area contributed by atoms with Crippen molar-refractivity contribution in [1.82, 2.24) is 9.99 Å². The lowest BCUT2D eigenvalue weighted by Crippen LogP contribution is -2.24. The first kappa shape index (κ1) is 22.7. The van der Waals surface area contributed by atoms with Gasteiger partial charge >= 0.3 is 0 Å². The molecule has 0 spiro atoms. The second-order valence-corrected chi connectivity index (χ2v) is 6.41. The molecule has 2 heterocycles. The molecule has 0 saturated heterocycles. The molecule has 0 aliphatic carbocycles. The van der Waals surface area contributed by atoms with Crippen LogP contribution in [-0.2, 0) is 4.79 Å².